The maximum Gasteiger partial charge on any atom is 0.262 e. The van der Waals surface area contributed by atoms with Gasteiger partial charge in [-0.05, 0) is 53.6 Å². The van der Waals surface area contributed by atoms with E-state index in [2.05, 4.69) is 17.0 Å². The van der Waals surface area contributed by atoms with Crippen molar-refractivity contribution in [2.24, 2.45) is 0 Å². The molecule has 0 N–H and O–H groups in total. The summed E-state index contributed by atoms with van der Waals surface area (Å²) in [5.74, 6) is 1.28. The van der Waals surface area contributed by atoms with Crippen molar-refractivity contribution < 1.29 is 18.7 Å². The number of anilines is 1. The fourth-order valence-corrected chi connectivity index (χ4v) is 6.45. The number of nitrogens with zero attached hydrogens (tertiary/aromatic N) is 4. The lowest BCUT2D eigenvalue weighted by Gasteiger charge is -2.36. The van der Waals surface area contributed by atoms with Gasteiger partial charge in [-0.25, -0.2) is 9.37 Å². The van der Waals surface area contributed by atoms with E-state index in [1.807, 2.05) is 47.4 Å². The molecule has 0 unspecified atom stereocenters. The molecule has 7 rings (SSSR count). The average Bonchev–Trinajstić information content (AvgIpc) is 3.53. The second-order valence-corrected chi connectivity index (χ2v) is 11.7. The fraction of sp³-hybridized carbons (Fsp3) is 0.206. The normalized spacial score (nSPS) is 14.3. The monoisotopic (exact) mass is 608 g/mol. The minimum Gasteiger partial charge on any atom is -0.454 e. The molecule has 1 aromatic heterocycles. The maximum absolute atomic E-state index is 13.8. The highest BCUT2D eigenvalue weighted by molar-refractivity contribution is 7.98. The van der Waals surface area contributed by atoms with E-state index in [4.69, 9.17) is 14.5 Å². The highest BCUT2D eigenvalue weighted by Gasteiger charge is 2.23. The van der Waals surface area contributed by atoms with E-state index in [0.29, 0.717) is 52.0 Å². The molecule has 1 saturated heterocycles. The molecule has 0 atom stereocenters. The summed E-state index contributed by atoms with van der Waals surface area (Å²) in [6.07, 6.45) is 0. The number of fused-ring (bicyclic) bond motifs is 2. The van der Waals surface area contributed by atoms with Crippen molar-refractivity contribution in [1.82, 2.24) is 14.5 Å². The van der Waals surface area contributed by atoms with Crippen molar-refractivity contribution in [3.63, 3.8) is 0 Å². The molecule has 2 aliphatic heterocycles. The molecule has 1 fully saturated rings. The number of hydrogen-bond donors (Lipinski definition) is 0. The van der Waals surface area contributed by atoms with Crippen LogP contribution in [-0.4, -0.2) is 53.3 Å². The van der Waals surface area contributed by atoms with Crippen LogP contribution in [0.4, 0.5) is 10.1 Å². The third kappa shape index (κ3) is 5.72. The van der Waals surface area contributed by atoms with E-state index in [-0.39, 0.29) is 30.6 Å². The van der Waals surface area contributed by atoms with Crippen molar-refractivity contribution >= 4 is 34.3 Å². The van der Waals surface area contributed by atoms with Crippen LogP contribution in [0, 0.1) is 5.82 Å². The topological polar surface area (TPSA) is 76.9 Å². The number of thioether (sulfide) groups is 1. The zero-order chi connectivity index (χ0) is 30.0. The molecule has 0 radical (unpaired) electrons. The number of hydrogen-bond acceptors (Lipinski definition) is 7. The van der Waals surface area contributed by atoms with Crippen LogP contribution in [0.1, 0.15) is 21.5 Å². The predicted octanol–water partition coefficient (Wildman–Crippen LogP) is 5.57. The summed E-state index contributed by atoms with van der Waals surface area (Å²) in [6, 6.07) is 27.4. The Labute approximate surface area is 257 Å². The van der Waals surface area contributed by atoms with Gasteiger partial charge in [0.05, 0.1) is 17.4 Å². The first kappa shape index (κ1) is 28.0. The van der Waals surface area contributed by atoms with Crippen LogP contribution in [0.3, 0.4) is 0 Å². The summed E-state index contributed by atoms with van der Waals surface area (Å²) in [5, 5.41) is 0.962. The van der Waals surface area contributed by atoms with E-state index in [9.17, 15) is 14.0 Å². The molecule has 8 nitrogen and oxygen atoms in total. The fourth-order valence-electron chi connectivity index (χ4n) is 5.49. The van der Waals surface area contributed by atoms with Crippen LogP contribution < -0.4 is 19.9 Å². The second-order valence-electron chi connectivity index (χ2n) is 10.7. The van der Waals surface area contributed by atoms with Crippen LogP contribution in [-0.2, 0) is 12.3 Å². The lowest BCUT2D eigenvalue weighted by molar-refractivity contribution is 0.0746. The van der Waals surface area contributed by atoms with Gasteiger partial charge in [0.25, 0.3) is 11.5 Å². The molecular formula is C34H29FN4O4S. The molecule has 3 heterocycles. The van der Waals surface area contributed by atoms with Crippen LogP contribution in [0.15, 0.2) is 101 Å². The number of ether oxygens (including phenoxy) is 2. The van der Waals surface area contributed by atoms with Gasteiger partial charge >= 0.3 is 0 Å². The minimum absolute atomic E-state index is 0.000386. The molecule has 44 heavy (non-hydrogen) atoms. The molecule has 0 saturated carbocycles. The highest BCUT2D eigenvalue weighted by Crippen LogP contribution is 2.35. The molecule has 2 aliphatic rings. The highest BCUT2D eigenvalue weighted by atomic mass is 32.2. The largest absolute Gasteiger partial charge is 0.454 e. The Morgan fingerprint density at radius 1 is 0.841 bits per heavy atom. The summed E-state index contributed by atoms with van der Waals surface area (Å²) in [7, 11) is 0. The lowest BCUT2D eigenvalue weighted by Crippen LogP contribution is -2.48. The third-order valence-electron chi connectivity index (χ3n) is 7.92. The molecule has 4 aromatic carbocycles. The standard InChI is InChI=1S/C34H29FN4O4S/c35-26-12-8-24(9-13-26)21-44-34-36-29-19-31-30(42-22-43-31)18-28(29)33(41)39(34)20-23-6-10-25(11-7-23)32(40)38-16-14-37(15-17-38)27-4-2-1-3-5-27/h1-13,18-19H,14-17,20-22H2. The zero-order valence-corrected chi connectivity index (χ0v) is 24.6. The maximum atomic E-state index is 13.8. The number of aromatic nitrogens is 2. The zero-order valence-electron chi connectivity index (χ0n) is 23.8. The van der Waals surface area contributed by atoms with E-state index in [1.54, 1.807) is 28.8 Å². The quantitative estimate of drug-likeness (QED) is 0.177. The van der Waals surface area contributed by atoms with Gasteiger partial charge < -0.3 is 19.3 Å². The Balaban J connectivity index is 1.11. The number of halogens is 1. The molecule has 222 valence electrons. The van der Waals surface area contributed by atoms with Gasteiger partial charge in [-0.2, -0.15) is 0 Å². The van der Waals surface area contributed by atoms with Crippen molar-refractivity contribution in [3.8, 4) is 11.5 Å². The van der Waals surface area contributed by atoms with Crippen molar-refractivity contribution in [2.45, 2.75) is 17.5 Å². The minimum atomic E-state index is -0.299. The first-order valence-corrected chi connectivity index (χ1v) is 15.4. The van der Waals surface area contributed by atoms with Crippen LogP contribution in [0.25, 0.3) is 10.9 Å². The summed E-state index contributed by atoms with van der Waals surface area (Å²) in [5.41, 5.74) is 3.88. The van der Waals surface area contributed by atoms with Crippen molar-refractivity contribution in [3.05, 3.63) is 124 Å². The van der Waals surface area contributed by atoms with Crippen LogP contribution in [0.5, 0.6) is 11.5 Å². The number of carbonyl (C=O) groups excluding carboxylic acids is 1. The molecule has 5 aromatic rings. The van der Waals surface area contributed by atoms with Gasteiger partial charge in [0.2, 0.25) is 6.79 Å². The van der Waals surface area contributed by atoms with Crippen molar-refractivity contribution in [2.75, 3.05) is 37.9 Å². The number of para-hydroxylation sites is 1. The Bertz CT molecular complexity index is 1870. The third-order valence-corrected chi connectivity index (χ3v) is 8.97. The number of rotatable bonds is 7. The second kappa shape index (κ2) is 12.0. The van der Waals surface area contributed by atoms with E-state index < -0.39 is 0 Å². The van der Waals surface area contributed by atoms with E-state index in [1.165, 1.54) is 29.6 Å². The number of piperazine rings is 1. The average molecular weight is 609 g/mol. The van der Waals surface area contributed by atoms with Crippen LogP contribution in [0.2, 0.25) is 0 Å². The Hall–Kier alpha value is -4.83. The number of carbonyl (C=O) groups is 1. The molecule has 1 amide bonds. The van der Waals surface area contributed by atoms with Gasteiger partial charge in [-0.1, -0.05) is 54.2 Å². The first-order valence-electron chi connectivity index (χ1n) is 14.4. The number of benzene rings is 4. The van der Waals surface area contributed by atoms with E-state index >= 15 is 0 Å². The predicted molar refractivity (Wildman–Crippen MR) is 168 cm³/mol. The summed E-state index contributed by atoms with van der Waals surface area (Å²) >= 11 is 1.41. The Kier molecular flexibility index (Phi) is 7.66. The smallest absolute Gasteiger partial charge is 0.262 e. The first-order chi connectivity index (χ1) is 21.5. The van der Waals surface area contributed by atoms with Gasteiger partial charge in [-0.15, -0.1) is 0 Å². The molecule has 0 bridgehead atoms. The number of amides is 1. The molecule has 10 heteroatoms. The molecule has 0 spiro atoms. The summed E-state index contributed by atoms with van der Waals surface area (Å²) in [6.45, 7) is 3.24. The van der Waals surface area contributed by atoms with Gasteiger partial charge in [-0.3, -0.25) is 14.2 Å². The Morgan fingerprint density at radius 3 is 2.25 bits per heavy atom. The molecular weight excluding hydrogens is 579 g/mol. The molecule has 0 aliphatic carbocycles. The Morgan fingerprint density at radius 2 is 1.52 bits per heavy atom. The lowest BCUT2D eigenvalue weighted by atomic mass is 10.1. The van der Waals surface area contributed by atoms with Gasteiger partial charge in [0.15, 0.2) is 16.7 Å². The van der Waals surface area contributed by atoms with Crippen LogP contribution >= 0.6 is 11.8 Å². The van der Waals surface area contributed by atoms with Gasteiger partial charge in [0.1, 0.15) is 5.82 Å². The van der Waals surface area contributed by atoms with Crippen molar-refractivity contribution in [1.29, 1.82) is 0 Å². The van der Waals surface area contributed by atoms with E-state index in [0.717, 1.165) is 24.2 Å². The summed E-state index contributed by atoms with van der Waals surface area (Å²) in [4.78, 5) is 36.1. The summed E-state index contributed by atoms with van der Waals surface area (Å²) < 4.78 is 26.1. The SMILES string of the molecule is O=C(c1ccc(Cn2c(SCc3ccc(F)cc3)nc3cc4c(cc3c2=O)OCO4)cc1)N1CCN(c2ccccc2)CC1. The van der Waals surface area contributed by atoms with Gasteiger partial charge in [0, 0.05) is 49.2 Å².